The Hall–Kier alpha value is -1.71. The molecule has 17 heavy (non-hydrogen) atoms. The van der Waals surface area contributed by atoms with Gasteiger partial charge < -0.3 is 15.2 Å². The van der Waals surface area contributed by atoms with Gasteiger partial charge in [0.05, 0.1) is 18.4 Å². The van der Waals surface area contributed by atoms with Crippen LogP contribution >= 0.6 is 0 Å². The number of carbonyl (C=O) groups is 1. The molecule has 0 unspecified atom stereocenters. The molecule has 0 saturated heterocycles. The maximum Gasteiger partial charge on any atom is 0.337 e. The van der Waals surface area contributed by atoms with Crippen LogP contribution in [0.2, 0.25) is 0 Å². The number of ether oxygens (including phenoxy) is 2. The maximum atomic E-state index is 11.5. The summed E-state index contributed by atoms with van der Waals surface area (Å²) < 4.78 is 10.5. The van der Waals surface area contributed by atoms with Gasteiger partial charge in [0.15, 0.2) is 0 Å². The van der Waals surface area contributed by atoms with Crippen LogP contribution in [0, 0.1) is 0 Å². The molecule has 0 amide bonds. The number of methoxy groups -OCH3 is 1. The second-order valence-electron chi connectivity index (χ2n) is 4.91. The van der Waals surface area contributed by atoms with Crippen molar-refractivity contribution in [3.8, 4) is 5.75 Å². The Morgan fingerprint density at radius 1 is 1.47 bits per heavy atom. The van der Waals surface area contributed by atoms with Crippen molar-refractivity contribution in [1.29, 1.82) is 0 Å². The largest absolute Gasteiger partial charge is 0.485 e. The van der Waals surface area contributed by atoms with Gasteiger partial charge in [-0.2, -0.15) is 0 Å². The summed E-state index contributed by atoms with van der Waals surface area (Å²) in [5, 5.41) is 0. The normalized spacial score (nSPS) is 16.9. The van der Waals surface area contributed by atoms with Crippen molar-refractivity contribution < 1.29 is 14.3 Å². The fraction of sp³-hybridized carbons (Fsp3) is 0.462. The molecule has 0 fully saturated rings. The van der Waals surface area contributed by atoms with Gasteiger partial charge in [-0.1, -0.05) is 0 Å². The number of carbonyl (C=O) groups excluding carboxylic acids is 1. The first-order chi connectivity index (χ1) is 7.93. The van der Waals surface area contributed by atoms with E-state index in [1.807, 2.05) is 13.8 Å². The van der Waals surface area contributed by atoms with Crippen LogP contribution in [0.5, 0.6) is 5.75 Å². The number of anilines is 1. The molecule has 1 heterocycles. The van der Waals surface area contributed by atoms with Gasteiger partial charge in [0.2, 0.25) is 0 Å². The van der Waals surface area contributed by atoms with Crippen molar-refractivity contribution >= 4 is 11.7 Å². The van der Waals surface area contributed by atoms with Gasteiger partial charge >= 0.3 is 5.97 Å². The molecule has 1 aromatic rings. The monoisotopic (exact) mass is 235 g/mol. The molecular weight excluding hydrogens is 218 g/mol. The molecule has 0 radical (unpaired) electrons. The van der Waals surface area contributed by atoms with E-state index in [4.69, 9.17) is 10.5 Å². The fourth-order valence-corrected chi connectivity index (χ4v) is 2.02. The van der Waals surface area contributed by atoms with Crippen LogP contribution in [0.15, 0.2) is 12.1 Å². The average Bonchev–Trinajstić information content (AvgIpc) is 2.28. The van der Waals surface area contributed by atoms with E-state index < -0.39 is 0 Å². The van der Waals surface area contributed by atoms with Crippen molar-refractivity contribution in [3.05, 3.63) is 23.3 Å². The van der Waals surface area contributed by atoms with Crippen molar-refractivity contribution in [3.63, 3.8) is 0 Å². The summed E-state index contributed by atoms with van der Waals surface area (Å²) >= 11 is 0. The third-order valence-electron chi connectivity index (χ3n) is 2.99. The zero-order chi connectivity index (χ0) is 12.6. The third kappa shape index (κ3) is 2.20. The summed E-state index contributed by atoms with van der Waals surface area (Å²) in [6, 6.07) is 3.40. The minimum atomic E-state index is -0.371. The maximum absolute atomic E-state index is 11.5. The highest BCUT2D eigenvalue weighted by Gasteiger charge is 2.28. The molecule has 4 heteroatoms. The highest BCUT2D eigenvalue weighted by atomic mass is 16.5. The Kier molecular flexibility index (Phi) is 2.73. The van der Waals surface area contributed by atoms with Crippen LogP contribution in [-0.4, -0.2) is 18.7 Å². The molecule has 0 atom stereocenters. The number of nitrogen functional groups attached to an aromatic ring is 1. The number of benzene rings is 1. The Balaban J connectivity index is 2.43. The van der Waals surface area contributed by atoms with Gasteiger partial charge in [0.1, 0.15) is 11.4 Å². The lowest BCUT2D eigenvalue weighted by Gasteiger charge is -2.33. The number of esters is 1. The molecule has 2 rings (SSSR count). The Morgan fingerprint density at radius 2 is 2.18 bits per heavy atom. The minimum Gasteiger partial charge on any atom is -0.485 e. The molecular formula is C13H17NO3. The van der Waals surface area contributed by atoms with E-state index in [2.05, 4.69) is 4.74 Å². The molecule has 2 N–H and O–H groups in total. The van der Waals surface area contributed by atoms with Crippen LogP contribution < -0.4 is 10.5 Å². The van der Waals surface area contributed by atoms with Crippen molar-refractivity contribution in [2.45, 2.75) is 32.3 Å². The van der Waals surface area contributed by atoms with Gasteiger partial charge in [-0.25, -0.2) is 4.79 Å². The molecule has 0 saturated carbocycles. The summed E-state index contributed by atoms with van der Waals surface area (Å²) in [6.07, 6.45) is 1.77. The van der Waals surface area contributed by atoms with Gasteiger partial charge in [0.25, 0.3) is 0 Å². The van der Waals surface area contributed by atoms with Crippen molar-refractivity contribution in [2.75, 3.05) is 12.8 Å². The molecule has 0 spiro atoms. The van der Waals surface area contributed by atoms with E-state index >= 15 is 0 Å². The minimum absolute atomic E-state index is 0.200. The predicted molar refractivity (Wildman–Crippen MR) is 65.2 cm³/mol. The van der Waals surface area contributed by atoms with Gasteiger partial charge in [-0.05, 0) is 44.4 Å². The molecule has 1 aliphatic rings. The number of aryl methyl sites for hydroxylation is 1. The second kappa shape index (κ2) is 3.95. The number of rotatable bonds is 1. The summed E-state index contributed by atoms with van der Waals surface area (Å²) in [5.74, 6) is 0.332. The first-order valence-electron chi connectivity index (χ1n) is 5.63. The number of nitrogens with two attached hydrogens (primary N) is 1. The predicted octanol–water partition coefficient (Wildman–Crippen LogP) is 2.16. The van der Waals surface area contributed by atoms with Crippen LogP contribution in [0.25, 0.3) is 0 Å². The molecule has 4 nitrogen and oxygen atoms in total. The molecule has 1 aromatic carbocycles. The highest BCUT2D eigenvalue weighted by Crippen LogP contribution is 2.38. The van der Waals surface area contributed by atoms with Crippen LogP contribution in [0.4, 0.5) is 5.69 Å². The number of hydrogen-bond acceptors (Lipinski definition) is 4. The SMILES string of the molecule is COC(=O)c1cc(N)c2c(c1)CCC(C)(C)O2. The zero-order valence-corrected chi connectivity index (χ0v) is 10.4. The van der Waals surface area contributed by atoms with Crippen molar-refractivity contribution in [1.82, 2.24) is 0 Å². The van der Waals surface area contributed by atoms with Crippen LogP contribution in [-0.2, 0) is 11.2 Å². The van der Waals surface area contributed by atoms with E-state index in [1.54, 1.807) is 12.1 Å². The smallest absolute Gasteiger partial charge is 0.337 e. The lowest BCUT2D eigenvalue weighted by Crippen LogP contribution is -2.33. The number of hydrogen-bond donors (Lipinski definition) is 1. The summed E-state index contributed by atoms with van der Waals surface area (Å²) in [4.78, 5) is 11.5. The molecule has 0 aliphatic carbocycles. The lowest BCUT2D eigenvalue weighted by molar-refractivity contribution is 0.0600. The fourth-order valence-electron chi connectivity index (χ4n) is 2.02. The first-order valence-corrected chi connectivity index (χ1v) is 5.63. The summed E-state index contributed by atoms with van der Waals surface area (Å²) in [6.45, 7) is 4.06. The van der Waals surface area contributed by atoms with Gasteiger partial charge in [-0.15, -0.1) is 0 Å². The third-order valence-corrected chi connectivity index (χ3v) is 2.99. The Bertz CT molecular complexity index is 466. The van der Waals surface area contributed by atoms with E-state index in [0.717, 1.165) is 18.4 Å². The van der Waals surface area contributed by atoms with Crippen molar-refractivity contribution in [2.24, 2.45) is 0 Å². The Morgan fingerprint density at radius 3 is 2.82 bits per heavy atom. The molecule has 0 bridgehead atoms. The first kappa shape index (κ1) is 11.8. The second-order valence-corrected chi connectivity index (χ2v) is 4.91. The highest BCUT2D eigenvalue weighted by molar-refractivity contribution is 5.91. The zero-order valence-electron chi connectivity index (χ0n) is 10.4. The van der Waals surface area contributed by atoms with E-state index in [0.29, 0.717) is 17.0 Å². The summed E-state index contributed by atoms with van der Waals surface area (Å²) in [7, 11) is 1.36. The average molecular weight is 235 g/mol. The molecule has 0 aromatic heterocycles. The molecule has 92 valence electrons. The van der Waals surface area contributed by atoms with E-state index in [-0.39, 0.29) is 11.6 Å². The lowest BCUT2D eigenvalue weighted by atomic mass is 9.92. The quantitative estimate of drug-likeness (QED) is 0.598. The Labute approximate surface area is 101 Å². The van der Waals surface area contributed by atoms with Crippen LogP contribution in [0.1, 0.15) is 36.2 Å². The molecule has 1 aliphatic heterocycles. The number of fused-ring (bicyclic) bond motifs is 1. The van der Waals surface area contributed by atoms with Gasteiger partial charge in [0, 0.05) is 0 Å². The standard InChI is InChI=1S/C13H17NO3/c1-13(2)5-4-8-6-9(12(15)16-3)7-10(14)11(8)17-13/h6-7H,4-5,14H2,1-3H3. The summed E-state index contributed by atoms with van der Waals surface area (Å²) in [5.41, 5.74) is 7.67. The van der Waals surface area contributed by atoms with E-state index in [9.17, 15) is 4.79 Å². The van der Waals surface area contributed by atoms with Gasteiger partial charge in [-0.3, -0.25) is 0 Å². The van der Waals surface area contributed by atoms with Crippen LogP contribution in [0.3, 0.4) is 0 Å². The van der Waals surface area contributed by atoms with E-state index in [1.165, 1.54) is 7.11 Å². The topological polar surface area (TPSA) is 61.5 Å².